The molecule has 1 aromatic heterocycles. The summed E-state index contributed by atoms with van der Waals surface area (Å²) in [5, 5.41) is 0.680. The molecular formula is C10H18BrN3O2S. The average Bonchev–Trinajstić information content (AvgIpc) is 2.77. The minimum Gasteiger partial charge on any atom is -0.332 e. The monoisotopic (exact) mass is 323 g/mol. The van der Waals surface area contributed by atoms with Crippen LogP contribution in [0.5, 0.6) is 0 Å². The molecular weight excluding hydrogens is 306 g/mol. The van der Waals surface area contributed by atoms with E-state index >= 15 is 0 Å². The van der Waals surface area contributed by atoms with Gasteiger partial charge in [-0.2, -0.15) is 0 Å². The van der Waals surface area contributed by atoms with Gasteiger partial charge < -0.3 is 4.98 Å². The summed E-state index contributed by atoms with van der Waals surface area (Å²) in [6.07, 6.45) is 2.73. The number of nitrogens with zero attached hydrogens (tertiary/aromatic N) is 1. The van der Waals surface area contributed by atoms with Gasteiger partial charge in [-0.1, -0.05) is 29.8 Å². The van der Waals surface area contributed by atoms with Crippen LogP contribution in [-0.2, 0) is 16.4 Å². The van der Waals surface area contributed by atoms with Gasteiger partial charge in [0.15, 0.2) is 5.03 Å². The number of aryl methyl sites for hydroxylation is 1. The van der Waals surface area contributed by atoms with Gasteiger partial charge in [0.2, 0.25) is 0 Å². The van der Waals surface area contributed by atoms with Crippen LogP contribution in [0, 0.1) is 0 Å². The number of hydrogen-bond donors (Lipinski definition) is 2. The van der Waals surface area contributed by atoms with Gasteiger partial charge in [0, 0.05) is 17.3 Å². The number of rotatable bonds is 6. The SMILES string of the molecule is CCc1ncc(S(=O)(=O)NC(C)(CC)CBr)[nH]1. The molecule has 1 unspecified atom stereocenters. The minimum atomic E-state index is -3.53. The first kappa shape index (κ1) is 14.7. The lowest BCUT2D eigenvalue weighted by Crippen LogP contribution is -2.46. The fourth-order valence-corrected chi connectivity index (χ4v) is 3.37. The van der Waals surface area contributed by atoms with Crippen molar-refractivity contribution in [3.05, 3.63) is 12.0 Å². The van der Waals surface area contributed by atoms with E-state index in [-0.39, 0.29) is 5.03 Å². The molecule has 0 amide bonds. The molecule has 0 aliphatic carbocycles. The van der Waals surface area contributed by atoms with E-state index in [2.05, 4.69) is 30.6 Å². The molecule has 7 heteroatoms. The van der Waals surface area contributed by atoms with Crippen LogP contribution >= 0.6 is 15.9 Å². The lowest BCUT2D eigenvalue weighted by atomic mass is 10.0. The minimum absolute atomic E-state index is 0.120. The molecule has 1 atom stereocenters. The molecule has 0 bridgehead atoms. The van der Waals surface area contributed by atoms with Crippen molar-refractivity contribution in [1.82, 2.24) is 14.7 Å². The third-order valence-corrected chi connectivity index (χ3v) is 5.47. The van der Waals surface area contributed by atoms with Gasteiger partial charge in [0.05, 0.1) is 6.20 Å². The Morgan fingerprint density at radius 3 is 2.59 bits per heavy atom. The molecule has 0 fully saturated rings. The highest BCUT2D eigenvalue weighted by molar-refractivity contribution is 9.09. The van der Waals surface area contributed by atoms with Crippen molar-refractivity contribution in [1.29, 1.82) is 0 Å². The Balaban J connectivity index is 2.96. The van der Waals surface area contributed by atoms with Crippen molar-refractivity contribution in [2.24, 2.45) is 0 Å². The van der Waals surface area contributed by atoms with E-state index in [1.165, 1.54) is 6.20 Å². The average molecular weight is 324 g/mol. The van der Waals surface area contributed by atoms with Crippen LogP contribution in [0.4, 0.5) is 0 Å². The maximum Gasteiger partial charge on any atom is 0.258 e. The second kappa shape index (κ2) is 5.49. The number of nitrogens with one attached hydrogen (secondary N) is 2. The number of aromatic amines is 1. The fourth-order valence-electron chi connectivity index (χ4n) is 1.23. The third kappa shape index (κ3) is 3.53. The summed E-state index contributed by atoms with van der Waals surface area (Å²) in [6.45, 7) is 5.71. The van der Waals surface area contributed by atoms with Crippen LogP contribution < -0.4 is 4.72 Å². The van der Waals surface area contributed by atoms with Crippen molar-refractivity contribution in [2.75, 3.05) is 5.33 Å². The number of halogens is 1. The summed E-state index contributed by atoms with van der Waals surface area (Å²) in [4.78, 5) is 6.79. The molecule has 5 nitrogen and oxygen atoms in total. The van der Waals surface area contributed by atoms with Crippen molar-refractivity contribution in [2.45, 2.75) is 44.2 Å². The van der Waals surface area contributed by atoms with Gasteiger partial charge in [-0.25, -0.2) is 18.1 Å². The molecule has 1 aromatic rings. The zero-order valence-electron chi connectivity index (χ0n) is 10.2. The van der Waals surface area contributed by atoms with E-state index in [4.69, 9.17) is 0 Å². The summed E-state index contributed by atoms with van der Waals surface area (Å²) >= 11 is 3.32. The first-order chi connectivity index (χ1) is 7.87. The second-order valence-electron chi connectivity index (χ2n) is 4.20. The van der Waals surface area contributed by atoms with Crippen molar-refractivity contribution < 1.29 is 8.42 Å². The topological polar surface area (TPSA) is 74.8 Å². The predicted molar refractivity (Wildman–Crippen MR) is 70.8 cm³/mol. The van der Waals surface area contributed by atoms with Crippen LogP contribution in [0.15, 0.2) is 11.2 Å². The zero-order valence-corrected chi connectivity index (χ0v) is 12.7. The number of hydrogen-bond acceptors (Lipinski definition) is 3. The fraction of sp³-hybridized carbons (Fsp3) is 0.700. The molecule has 1 rings (SSSR count). The van der Waals surface area contributed by atoms with Gasteiger partial charge in [0.25, 0.3) is 10.0 Å². The Morgan fingerprint density at radius 2 is 2.18 bits per heavy atom. The summed E-state index contributed by atoms with van der Waals surface area (Å²) in [5.74, 6) is 0.669. The highest BCUT2D eigenvalue weighted by atomic mass is 79.9. The Morgan fingerprint density at radius 1 is 1.53 bits per heavy atom. The Bertz CT molecular complexity index is 466. The standard InChI is InChI=1S/C10H18BrN3O2S/c1-4-8-12-6-9(13-8)17(15,16)14-10(3,5-2)7-11/h6,14H,4-5,7H2,1-3H3,(H,12,13). The van der Waals surface area contributed by atoms with Crippen molar-refractivity contribution >= 4 is 26.0 Å². The van der Waals surface area contributed by atoms with Gasteiger partial charge in [-0.3, -0.25) is 0 Å². The molecule has 0 spiro atoms. The maximum absolute atomic E-state index is 12.1. The molecule has 0 aliphatic heterocycles. The molecule has 2 N–H and O–H groups in total. The molecule has 0 saturated heterocycles. The van der Waals surface area contributed by atoms with Crippen LogP contribution in [-0.4, -0.2) is 29.3 Å². The molecule has 98 valence electrons. The molecule has 17 heavy (non-hydrogen) atoms. The quantitative estimate of drug-likeness (QED) is 0.784. The van der Waals surface area contributed by atoms with E-state index in [9.17, 15) is 8.42 Å². The van der Waals surface area contributed by atoms with Gasteiger partial charge in [-0.05, 0) is 13.3 Å². The highest BCUT2D eigenvalue weighted by Gasteiger charge is 2.29. The summed E-state index contributed by atoms with van der Waals surface area (Å²) in [5.41, 5.74) is -0.490. The van der Waals surface area contributed by atoms with E-state index in [1.54, 1.807) is 0 Å². The van der Waals surface area contributed by atoms with Crippen LogP contribution in [0.3, 0.4) is 0 Å². The largest absolute Gasteiger partial charge is 0.332 e. The first-order valence-electron chi connectivity index (χ1n) is 5.50. The summed E-state index contributed by atoms with van der Waals surface area (Å²) in [6, 6.07) is 0. The highest BCUT2D eigenvalue weighted by Crippen LogP contribution is 2.17. The molecule has 1 heterocycles. The molecule has 0 radical (unpaired) electrons. The summed E-state index contributed by atoms with van der Waals surface area (Å²) < 4.78 is 26.9. The van der Waals surface area contributed by atoms with Crippen molar-refractivity contribution in [3.63, 3.8) is 0 Å². The van der Waals surface area contributed by atoms with Crippen LogP contribution in [0.1, 0.15) is 33.0 Å². The van der Waals surface area contributed by atoms with E-state index in [0.717, 1.165) is 0 Å². The number of H-pyrrole nitrogens is 1. The van der Waals surface area contributed by atoms with E-state index < -0.39 is 15.6 Å². The molecule has 0 aliphatic rings. The first-order valence-corrected chi connectivity index (χ1v) is 8.11. The van der Waals surface area contributed by atoms with Gasteiger partial charge in [-0.15, -0.1) is 0 Å². The second-order valence-corrected chi connectivity index (χ2v) is 6.41. The zero-order chi connectivity index (χ0) is 13.1. The lowest BCUT2D eigenvalue weighted by molar-refractivity contribution is 0.448. The molecule has 0 saturated carbocycles. The number of imidazole rings is 1. The van der Waals surface area contributed by atoms with Gasteiger partial charge in [0.1, 0.15) is 5.82 Å². The van der Waals surface area contributed by atoms with E-state index in [0.29, 0.717) is 24.0 Å². The Hall–Kier alpha value is -0.400. The number of sulfonamides is 1. The number of aromatic nitrogens is 2. The third-order valence-electron chi connectivity index (χ3n) is 2.69. The smallest absolute Gasteiger partial charge is 0.258 e. The van der Waals surface area contributed by atoms with Crippen LogP contribution in [0.25, 0.3) is 0 Å². The lowest BCUT2D eigenvalue weighted by Gasteiger charge is -2.26. The Kier molecular flexibility index (Phi) is 4.74. The van der Waals surface area contributed by atoms with Crippen molar-refractivity contribution in [3.8, 4) is 0 Å². The Labute approximate surface area is 111 Å². The maximum atomic E-state index is 12.1. The molecule has 0 aromatic carbocycles. The summed E-state index contributed by atoms with van der Waals surface area (Å²) in [7, 11) is -3.53. The number of alkyl halides is 1. The van der Waals surface area contributed by atoms with Gasteiger partial charge >= 0.3 is 0 Å². The van der Waals surface area contributed by atoms with E-state index in [1.807, 2.05) is 20.8 Å². The van der Waals surface area contributed by atoms with Crippen LogP contribution in [0.2, 0.25) is 0 Å². The normalized spacial score (nSPS) is 15.8. The predicted octanol–water partition coefficient (Wildman–Crippen LogP) is 1.81.